The summed E-state index contributed by atoms with van der Waals surface area (Å²) in [5.74, 6) is 2.15. The van der Waals surface area contributed by atoms with Gasteiger partial charge in [0.15, 0.2) is 0 Å². The number of aliphatic hydroxyl groups is 1. The van der Waals surface area contributed by atoms with Crippen LogP contribution in [-0.2, 0) is 5.41 Å². The summed E-state index contributed by atoms with van der Waals surface area (Å²) in [6.07, 6.45) is 1.06. The van der Waals surface area contributed by atoms with E-state index in [1.807, 2.05) is 56.3 Å². The molecule has 0 heterocycles. The lowest BCUT2D eigenvalue weighted by Crippen LogP contribution is -2.28. The van der Waals surface area contributed by atoms with Crippen LogP contribution in [0.1, 0.15) is 53.3 Å². The van der Waals surface area contributed by atoms with Crippen LogP contribution in [0.3, 0.4) is 0 Å². The molecule has 0 amide bonds. The Morgan fingerprint density at radius 1 is 0.638 bits per heavy atom. The van der Waals surface area contributed by atoms with Crippen LogP contribution in [0.2, 0.25) is 0 Å². The van der Waals surface area contributed by atoms with Gasteiger partial charge in [0.2, 0.25) is 0 Å². The van der Waals surface area contributed by atoms with Gasteiger partial charge in [0.05, 0.1) is 12.5 Å². The number of rotatable bonds is 8. The lowest BCUT2D eigenvalue weighted by Gasteiger charge is -2.34. The van der Waals surface area contributed by atoms with Crippen LogP contribution in [0.25, 0.3) is 22.3 Å². The highest BCUT2D eigenvalue weighted by atomic mass is 16.5. The predicted molar refractivity (Wildman–Crippen MR) is 191 cm³/mol. The van der Waals surface area contributed by atoms with E-state index in [1.165, 1.54) is 33.4 Å². The van der Waals surface area contributed by atoms with Gasteiger partial charge in [-0.3, -0.25) is 0 Å². The van der Waals surface area contributed by atoms with E-state index < -0.39 is 11.5 Å². The fraction of sp³-hybridized carbons (Fsp3) is 0.136. The number of benzene rings is 6. The molecule has 1 unspecified atom stereocenters. The molecule has 0 saturated carbocycles. The average molecular weight is 615 g/mol. The van der Waals surface area contributed by atoms with Crippen LogP contribution in [0.15, 0.2) is 151 Å². The minimum absolute atomic E-state index is 0.515. The van der Waals surface area contributed by atoms with Gasteiger partial charge < -0.3 is 14.6 Å². The Labute approximate surface area is 277 Å². The number of hydrogen-bond acceptors (Lipinski definition) is 3. The third kappa shape index (κ3) is 5.43. The number of hydrogen-bond donors (Lipinski definition) is 1. The molecule has 232 valence electrons. The molecule has 0 aliphatic heterocycles. The zero-order valence-electron chi connectivity index (χ0n) is 27.2. The zero-order chi connectivity index (χ0) is 32.5. The first-order chi connectivity index (χ1) is 22.9. The quantitative estimate of drug-likeness (QED) is 0.173. The number of aliphatic hydroxyl groups excluding tert-OH is 1. The van der Waals surface area contributed by atoms with E-state index >= 15 is 0 Å². The average Bonchev–Trinajstić information content (AvgIpc) is 3.40. The summed E-state index contributed by atoms with van der Waals surface area (Å²) in [6.45, 7) is 6.06. The van der Waals surface area contributed by atoms with Gasteiger partial charge in [-0.1, -0.05) is 120 Å². The Morgan fingerprint density at radius 2 is 1.17 bits per heavy atom. The Kier molecular flexibility index (Phi) is 8.01. The standard InChI is InChI=1S/C44H38O3/c1-29(2)27-42(45)39-28-32(31-15-13-30(3)14-16-31)17-26-43(39)47-36-24-20-34(21-25-36)44(33-18-22-35(46-4)23-19-33)40-11-7-5-9-37(40)38-10-6-8-12-41(38)44/h5-28,42,45H,1-4H3. The first-order valence-electron chi connectivity index (χ1n) is 16.0. The molecule has 1 N–H and O–H groups in total. The Bertz CT molecular complexity index is 2020. The van der Waals surface area contributed by atoms with Crippen LogP contribution < -0.4 is 9.47 Å². The smallest absolute Gasteiger partial charge is 0.133 e. The number of aryl methyl sites for hydroxylation is 1. The van der Waals surface area contributed by atoms with Crippen LogP contribution in [0, 0.1) is 6.92 Å². The SMILES string of the molecule is COc1ccc(C2(c3ccc(Oc4ccc(-c5ccc(C)cc5)cc4C(O)C=C(C)C)cc3)c3ccccc3-c3ccccc32)cc1. The molecule has 0 saturated heterocycles. The fourth-order valence-electron chi connectivity index (χ4n) is 6.97. The summed E-state index contributed by atoms with van der Waals surface area (Å²) in [6, 6.07) is 48.7. The molecule has 1 atom stereocenters. The number of ether oxygens (including phenoxy) is 2. The maximum atomic E-state index is 11.3. The molecule has 3 heteroatoms. The summed E-state index contributed by atoms with van der Waals surface area (Å²) < 4.78 is 12.1. The molecule has 6 aromatic rings. The van der Waals surface area contributed by atoms with Crippen molar-refractivity contribution in [3.8, 4) is 39.5 Å². The topological polar surface area (TPSA) is 38.7 Å². The summed E-state index contributed by atoms with van der Waals surface area (Å²) in [5.41, 5.74) is 11.9. The lowest BCUT2D eigenvalue weighted by molar-refractivity contribution is 0.223. The normalized spacial score (nSPS) is 13.3. The first kappa shape index (κ1) is 30.3. The monoisotopic (exact) mass is 614 g/mol. The van der Waals surface area contributed by atoms with E-state index in [9.17, 15) is 5.11 Å². The second-order valence-electron chi connectivity index (χ2n) is 12.5. The zero-order valence-corrected chi connectivity index (χ0v) is 27.2. The highest BCUT2D eigenvalue weighted by molar-refractivity contribution is 5.86. The molecule has 7 rings (SSSR count). The van der Waals surface area contributed by atoms with E-state index in [2.05, 4.69) is 110 Å². The van der Waals surface area contributed by atoms with Crippen molar-refractivity contribution in [3.63, 3.8) is 0 Å². The van der Waals surface area contributed by atoms with Crippen molar-refractivity contribution in [1.82, 2.24) is 0 Å². The van der Waals surface area contributed by atoms with Gasteiger partial charge in [0.25, 0.3) is 0 Å². The van der Waals surface area contributed by atoms with Crippen molar-refractivity contribution in [1.29, 1.82) is 0 Å². The Morgan fingerprint density at radius 3 is 1.72 bits per heavy atom. The van der Waals surface area contributed by atoms with Gasteiger partial charge >= 0.3 is 0 Å². The van der Waals surface area contributed by atoms with Gasteiger partial charge in [0.1, 0.15) is 23.4 Å². The maximum Gasteiger partial charge on any atom is 0.133 e. The highest BCUT2D eigenvalue weighted by Crippen LogP contribution is 2.56. The predicted octanol–water partition coefficient (Wildman–Crippen LogP) is 10.8. The fourth-order valence-corrected chi connectivity index (χ4v) is 6.97. The molecular formula is C44H38O3. The van der Waals surface area contributed by atoms with Crippen LogP contribution >= 0.6 is 0 Å². The van der Waals surface area contributed by atoms with E-state index in [1.54, 1.807) is 7.11 Å². The minimum atomic E-state index is -0.801. The second-order valence-corrected chi connectivity index (χ2v) is 12.5. The molecule has 0 radical (unpaired) electrons. The lowest BCUT2D eigenvalue weighted by atomic mass is 9.68. The van der Waals surface area contributed by atoms with Crippen LogP contribution in [0.5, 0.6) is 17.2 Å². The van der Waals surface area contributed by atoms with Gasteiger partial charge in [0, 0.05) is 5.56 Å². The molecular weight excluding hydrogens is 576 g/mol. The van der Waals surface area contributed by atoms with E-state index in [-0.39, 0.29) is 0 Å². The molecule has 0 bridgehead atoms. The van der Waals surface area contributed by atoms with Crippen molar-refractivity contribution in [2.24, 2.45) is 0 Å². The summed E-state index contributed by atoms with van der Waals surface area (Å²) >= 11 is 0. The molecule has 47 heavy (non-hydrogen) atoms. The number of allylic oxidation sites excluding steroid dienone is 1. The Balaban J connectivity index is 1.32. The van der Waals surface area contributed by atoms with E-state index in [0.29, 0.717) is 11.5 Å². The van der Waals surface area contributed by atoms with Crippen molar-refractivity contribution in [2.45, 2.75) is 32.3 Å². The largest absolute Gasteiger partial charge is 0.497 e. The molecule has 6 aromatic carbocycles. The summed E-state index contributed by atoms with van der Waals surface area (Å²) in [5, 5.41) is 11.3. The molecule has 0 fully saturated rings. The summed E-state index contributed by atoms with van der Waals surface area (Å²) in [7, 11) is 1.70. The third-order valence-electron chi connectivity index (χ3n) is 9.20. The van der Waals surface area contributed by atoms with Crippen molar-refractivity contribution in [3.05, 3.63) is 185 Å². The number of methoxy groups -OCH3 is 1. The van der Waals surface area contributed by atoms with Gasteiger partial charge in [-0.2, -0.15) is 0 Å². The molecule has 0 spiro atoms. The van der Waals surface area contributed by atoms with Gasteiger partial charge in [-0.15, -0.1) is 0 Å². The van der Waals surface area contributed by atoms with Crippen molar-refractivity contribution in [2.75, 3.05) is 7.11 Å². The molecule has 1 aliphatic carbocycles. The third-order valence-corrected chi connectivity index (χ3v) is 9.20. The van der Waals surface area contributed by atoms with Gasteiger partial charge in [-0.25, -0.2) is 0 Å². The molecule has 0 aromatic heterocycles. The van der Waals surface area contributed by atoms with Crippen molar-refractivity contribution < 1.29 is 14.6 Å². The summed E-state index contributed by atoms with van der Waals surface area (Å²) in [4.78, 5) is 0. The molecule has 1 aliphatic rings. The first-order valence-corrected chi connectivity index (χ1v) is 16.0. The van der Waals surface area contributed by atoms with Crippen LogP contribution in [-0.4, -0.2) is 12.2 Å². The van der Waals surface area contributed by atoms with Gasteiger partial charge in [-0.05, 0) is 102 Å². The Hall–Kier alpha value is -5.38. The van der Waals surface area contributed by atoms with Crippen LogP contribution in [0.4, 0.5) is 0 Å². The second kappa shape index (κ2) is 12.4. The van der Waals surface area contributed by atoms with E-state index in [0.717, 1.165) is 33.6 Å². The highest BCUT2D eigenvalue weighted by Gasteiger charge is 2.45. The molecule has 3 nitrogen and oxygen atoms in total. The minimum Gasteiger partial charge on any atom is -0.497 e. The van der Waals surface area contributed by atoms with E-state index in [4.69, 9.17) is 9.47 Å². The van der Waals surface area contributed by atoms with Crippen molar-refractivity contribution >= 4 is 0 Å². The number of fused-ring (bicyclic) bond motifs is 3. The maximum absolute atomic E-state index is 11.3.